The molecule has 316 valence electrons. The summed E-state index contributed by atoms with van der Waals surface area (Å²) in [6, 6.07) is 24.5. The molecule has 15 heteroatoms. The van der Waals surface area contributed by atoms with Gasteiger partial charge in [0.25, 0.3) is 0 Å². The lowest BCUT2D eigenvalue weighted by Crippen LogP contribution is -2.14. The molecule has 2 N–H and O–H groups in total. The minimum Gasteiger partial charge on any atom is -0.462 e. The summed E-state index contributed by atoms with van der Waals surface area (Å²) >= 11 is 0. The van der Waals surface area contributed by atoms with Crippen molar-refractivity contribution in [1.82, 2.24) is 0 Å². The molecule has 0 bridgehead atoms. The number of anilines is 2. The molecular formula is C46H44N2O12S. The van der Waals surface area contributed by atoms with Crippen molar-refractivity contribution >= 4 is 56.5 Å². The van der Waals surface area contributed by atoms with Crippen LogP contribution < -0.4 is 20.1 Å². The minimum absolute atomic E-state index is 0.0162. The van der Waals surface area contributed by atoms with Gasteiger partial charge in [0.05, 0.1) is 34.4 Å². The van der Waals surface area contributed by atoms with Crippen LogP contribution in [-0.4, -0.2) is 57.0 Å². The number of hydrogen-bond acceptors (Lipinski definition) is 12. The third-order valence-corrected chi connectivity index (χ3v) is 10.2. The molecular weight excluding hydrogens is 805 g/mol. The zero-order valence-electron chi connectivity index (χ0n) is 33.9. The molecule has 4 rings (SSSR count). The lowest BCUT2D eigenvalue weighted by atomic mass is 10.1. The highest BCUT2D eigenvalue weighted by Crippen LogP contribution is 2.33. The van der Waals surface area contributed by atoms with E-state index in [0.717, 1.165) is 12.2 Å². The van der Waals surface area contributed by atoms with E-state index in [0.29, 0.717) is 11.4 Å². The van der Waals surface area contributed by atoms with Crippen molar-refractivity contribution in [3.8, 4) is 23.0 Å². The molecule has 61 heavy (non-hydrogen) atoms. The van der Waals surface area contributed by atoms with Gasteiger partial charge in [-0.1, -0.05) is 37.4 Å². The summed E-state index contributed by atoms with van der Waals surface area (Å²) in [7, 11) is -3.98. The average molecular weight is 849 g/mol. The van der Waals surface area contributed by atoms with Gasteiger partial charge >= 0.3 is 11.9 Å². The van der Waals surface area contributed by atoms with E-state index < -0.39 is 33.6 Å². The van der Waals surface area contributed by atoms with Crippen molar-refractivity contribution in [3.05, 3.63) is 145 Å². The zero-order chi connectivity index (χ0) is 44.7. The second kappa shape index (κ2) is 21.6. The highest BCUT2D eigenvalue weighted by molar-refractivity contribution is 7.91. The number of ether oxygens (including phenoxy) is 4. The first kappa shape index (κ1) is 46.3. The lowest BCUT2D eigenvalue weighted by molar-refractivity contribution is -0.140. The Kier molecular flexibility index (Phi) is 16.4. The van der Waals surface area contributed by atoms with Gasteiger partial charge in [-0.25, -0.2) is 18.0 Å². The van der Waals surface area contributed by atoms with Crippen LogP contribution in [0.5, 0.6) is 23.0 Å². The van der Waals surface area contributed by atoms with Gasteiger partial charge in [-0.3, -0.25) is 19.2 Å². The number of amides is 2. The molecule has 0 radical (unpaired) electrons. The van der Waals surface area contributed by atoms with Crippen LogP contribution in [0, 0.1) is 0 Å². The van der Waals surface area contributed by atoms with E-state index in [2.05, 4.69) is 23.8 Å². The maximum absolute atomic E-state index is 13.5. The first-order valence-electron chi connectivity index (χ1n) is 18.6. The summed E-state index contributed by atoms with van der Waals surface area (Å²) in [5, 5.41) is 5.35. The van der Waals surface area contributed by atoms with E-state index in [1.165, 1.54) is 76.2 Å². The fraction of sp³-hybridized carbons (Fsp3) is 0.174. The van der Waals surface area contributed by atoms with Crippen LogP contribution >= 0.6 is 0 Å². The predicted octanol–water partition coefficient (Wildman–Crippen LogP) is 8.03. The van der Waals surface area contributed by atoms with Crippen molar-refractivity contribution in [2.24, 2.45) is 0 Å². The molecule has 0 aliphatic rings. The molecule has 0 saturated heterocycles. The Hall–Kier alpha value is -7.39. The highest BCUT2D eigenvalue weighted by atomic mass is 32.2. The summed E-state index contributed by atoms with van der Waals surface area (Å²) in [5.41, 5.74) is 1.31. The molecule has 2 amide bonds. The minimum atomic E-state index is -3.98. The van der Waals surface area contributed by atoms with Crippen molar-refractivity contribution < 1.29 is 56.1 Å². The predicted molar refractivity (Wildman–Crippen MR) is 227 cm³/mol. The third kappa shape index (κ3) is 13.9. The van der Waals surface area contributed by atoms with E-state index in [-0.39, 0.29) is 92.7 Å². The standard InChI is InChI=1S/C46H44N2O12S/c1-29(2)45(53)57-25-23-39(49)31(5)27-43(51)47-37-11-7-9-13-41(37)59-33-15-19-35(20-16-33)61(55,56)36-21-17-34(18-22-36)60-42-14-10-8-12-38(42)48-44(52)28-32(6)40(50)24-26-58-46(54)30(3)4/h7-22,27-28H,1,3,23-26H2,2,4-6H3,(H,47,51)(H,48,52)/b31-27+,32-28+. The SMILES string of the molecule is C=C(C)C(=O)OCCC(=O)/C(C)=C/C(=O)Nc1ccccc1Oc1ccc(S(=O)(=O)c2ccc(Oc3ccccc3NC(=O)/C=C(\C)C(=O)CCOC(=O)C(=C)C)cc2)cc1. The number of Topliss-reactive ketones (excluding diaryl/α,β-unsaturated/α-hetero) is 2. The molecule has 4 aromatic carbocycles. The van der Waals surface area contributed by atoms with Gasteiger partial charge in [-0.15, -0.1) is 0 Å². The molecule has 0 aromatic heterocycles. The smallest absolute Gasteiger partial charge is 0.333 e. The van der Waals surface area contributed by atoms with E-state index in [9.17, 15) is 37.2 Å². The molecule has 0 aliphatic carbocycles. The number of esters is 2. The molecule has 0 spiro atoms. The van der Waals surface area contributed by atoms with Crippen molar-refractivity contribution in [3.63, 3.8) is 0 Å². The van der Waals surface area contributed by atoms with Crippen LogP contribution in [0.15, 0.2) is 154 Å². The monoisotopic (exact) mass is 848 g/mol. The second-order valence-corrected chi connectivity index (χ2v) is 15.4. The fourth-order valence-corrected chi connectivity index (χ4v) is 6.35. The maximum atomic E-state index is 13.5. The average Bonchev–Trinajstić information content (AvgIpc) is 3.22. The topological polar surface area (TPSA) is 198 Å². The van der Waals surface area contributed by atoms with Crippen molar-refractivity contribution in [2.45, 2.75) is 50.3 Å². The molecule has 0 saturated carbocycles. The molecule has 0 aliphatic heterocycles. The summed E-state index contributed by atoms with van der Waals surface area (Å²) in [6.45, 7) is 12.6. The molecule has 0 fully saturated rings. The van der Waals surface area contributed by atoms with Gasteiger partial charge in [0, 0.05) is 36.1 Å². The van der Waals surface area contributed by atoms with E-state index >= 15 is 0 Å². The van der Waals surface area contributed by atoms with Gasteiger partial charge < -0.3 is 29.6 Å². The highest BCUT2D eigenvalue weighted by Gasteiger charge is 2.19. The number of rotatable bonds is 20. The molecule has 0 atom stereocenters. The summed E-state index contributed by atoms with van der Waals surface area (Å²) < 4.78 is 48.9. The molecule has 0 heterocycles. The fourth-order valence-electron chi connectivity index (χ4n) is 5.09. The van der Waals surface area contributed by atoms with Crippen molar-refractivity contribution in [1.29, 1.82) is 0 Å². The zero-order valence-corrected chi connectivity index (χ0v) is 34.8. The van der Waals surface area contributed by atoms with Crippen LogP contribution in [0.25, 0.3) is 0 Å². The van der Waals surface area contributed by atoms with Gasteiger partial charge in [0.15, 0.2) is 23.1 Å². The number of benzene rings is 4. The maximum Gasteiger partial charge on any atom is 0.333 e. The number of sulfone groups is 1. The lowest BCUT2D eigenvalue weighted by Gasteiger charge is -2.13. The van der Waals surface area contributed by atoms with Gasteiger partial charge in [0.2, 0.25) is 21.7 Å². The van der Waals surface area contributed by atoms with E-state index in [1.54, 1.807) is 48.5 Å². The van der Waals surface area contributed by atoms with Gasteiger partial charge in [-0.2, -0.15) is 0 Å². The van der Waals surface area contributed by atoms with Crippen LogP contribution in [0.1, 0.15) is 40.5 Å². The van der Waals surface area contributed by atoms with E-state index in [1.807, 2.05) is 0 Å². The Bertz CT molecular complexity index is 2350. The quantitative estimate of drug-likeness (QED) is 0.0642. The largest absolute Gasteiger partial charge is 0.462 e. The van der Waals surface area contributed by atoms with Crippen LogP contribution in [-0.2, 0) is 48.1 Å². The second-order valence-electron chi connectivity index (χ2n) is 13.5. The molecule has 0 unspecified atom stereocenters. The van der Waals surface area contributed by atoms with Crippen molar-refractivity contribution in [2.75, 3.05) is 23.8 Å². The Balaban J connectivity index is 1.36. The Labute approximate surface area is 353 Å². The van der Waals surface area contributed by atoms with E-state index in [4.69, 9.17) is 18.9 Å². The Morgan fingerprint density at radius 2 is 0.885 bits per heavy atom. The summed E-state index contributed by atoms with van der Waals surface area (Å²) in [4.78, 5) is 73.4. The first-order chi connectivity index (χ1) is 28.9. The number of carbonyl (C=O) groups is 6. The summed E-state index contributed by atoms with van der Waals surface area (Å²) in [5.74, 6) is -2.11. The summed E-state index contributed by atoms with van der Waals surface area (Å²) in [6.07, 6.45) is 2.04. The number of nitrogens with one attached hydrogen (secondary N) is 2. The third-order valence-electron chi connectivity index (χ3n) is 8.41. The number of hydrogen-bond donors (Lipinski definition) is 2. The first-order valence-corrected chi connectivity index (χ1v) is 20.1. The molecule has 14 nitrogen and oxygen atoms in total. The van der Waals surface area contributed by atoms with Gasteiger partial charge in [-0.05, 0) is 112 Å². The Morgan fingerprint density at radius 3 is 1.23 bits per heavy atom. The van der Waals surface area contributed by atoms with Crippen LogP contribution in [0.4, 0.5) is 11.4 Å². The van der Waals surface area contributed by atoms with Gasteiger partial charge in [0.1, 0.15) is 11.5 Å². The van der Waals surface area contributed by atoms with Crippen LogP contribution in [0.2, 0.25) is 0 Å². The normalized spacial score (nSPS) is 11.4. The number of para-hydroxylation sites is 4. The van der Waals surface area contributed by atoms with Crippen LogP contribution in [0.3, 0.4) is 0 Å². The number of carbonyl (C=O) groups excluding carboxylic acids is 6. The Morgan fingerprint density at radius 1 is 0.541 bits per heavy atom. The number of ketones is 2. The molecule has 4 aromatic rings. The number of allylic oxidation sites excluding steroid dienone is 2.